The number of nitrogens with one attached hydrogen (secondary N) is 2. The fourth-order valence-electron chi connectivity index (χ4n) is 3.05. The second-order valence-electron chi connectivity index (χ2n) is 6.64. The molecule has 2 aromatic carbocycles. The van der Waals surface area contributed by atoms with Gasteiger partial charge in [0.05, 0.1) is 18.3 Å². The second-order valence-corrected chi connectivity index (χ2v) is 7.05. The predicted molar refractivity (Wildman–Crippen MR) is 118 cm³/mol. The van der Waals surface area contributed by atoms with E-state index in [0.29, 0.717) is 16.5 Å². The molecule has 0 unspecified atom stereocenters. The van der Waals surface area contributed by atoms with Crippen LogP contribution >= 0.6 is 11.6 Å². The van der Waals surface area contributed by atoms with Crippen molar-refractivity contribution in [2.75, 3.05) is 12.4 Å². The number of methoxy groups -OCH3 is 1. The van der Waals surface area contributed by atoms with E-state index in [4.69, 9.17) is 16.3 Å². The summed E-state index contributed by atoms with van der Waals surface area (Å²) in [6.45, 7) is 3.78. The quantitative estimate of drug-likeness (QED) is 0.356. The van der Waals surface area contributed by atoms with E-state index in [2.05, 4.69) is 15.8 Å². The first-order valence-corrected chi connectivity index (χ1v) is 9.60. The number of ether oxygens (including phenoxy) is 1. The Labute approximate surface area is 183 Å². The number of amides is 2. The van der Waals surface area contributed by atoms with Gasteiger partial charge in [0.2, 0.25) is 0 Å². The smallest absolute Gasteiger partial charge is 0.329 e. The highest BCUT2D eigenvalue weighted by Gasteiger charge is 2.14. The number of hydrogen-bond acceptors (Lipinski definition) is 4. The molecular weight excluding hydrogens is 423 g/mol. The monoisotopic (exact) mass is 442 g/mol. The summed E-state index contributed by atoms with van der Waals surface area (Å²) in [4.78, 5) is 24.1. The van der Waals surface area contributed by atoms with Crippen molar-refractivity contribution in [1.29, 1.82) is 0 Å². The molecule has 0 atom stereocenters. The minimum Gasteiger partial charge on any atom is -0.495 e. The third-order valence-electron chi connectivity index (χ3n) is 4.54. The summed E-state index contributed by atoms with van der Waals surface area (Å²) >= 11 is 6.00. The molecule has 0 saturated carbocycles. The minimum atomic E-state index is -0.935. The lowest BCUT2D eigenvalue weighted by atomic mass is 10.2. The fourth-order valence-corrected chi connectivity index (χ4v) is 3.31. The Morgan fingerprint density at radius 2 is 1.81 bits per heavy atom. The van der Waals surface area contributed by atoms with Crippen LogP contribution in [-0.4, -0.2) is 29.7 Å². The van der Waals surface area contributed by atoms with Crippen molar-refractivity contribution in [3.63, 3.8) is 0 Å². The van der Waals surface area contributed by atoms with Gasteiger partial charge < -0.3 is 14.6 Å². The molecule has 0 fully saturated rings. The van der Waals surface area contributed by atoms with Crippen LogP contribution in [0, 0.1) is 19.7 Å². The Balaban J connectivity index is 1.65. The summed E-state index contributed by atoms with van der Waals surface area (Å²) in [5.41, 5.74) is 5.84. The largest absolute Gasteiger partial charge is 0.495 e. The third-order valence-corrected chi connectivity index (χ3v) is 4.84. The molecule has 1 heterocycles. The number of nitrogens with zero attached hydrogens (tertiary/aromatic N) is 2. The van der Waals surface area contributed by atoms with Gasteiger partial charge in [0.1, 0.15) is 11.6 Å². The summed E-state index contributed by atoms with van der Waals surface area (Å²) in [6.07, 6.45) is 1.44. The highest BCUT2D eigenvalue weighted by atomic mass is 35.5. The highest BCUT2D eigenvalue weighted by Crippen LogP contribution is 2.27. The predicted octanol–water partition coefficient (Wildman–Crippen LogP) is 3.98. The van der Waals surface area contributed by atoms with Crippen LogP contribution in [0.4, 0.5) is 10.1 Å². The van der Waals surface area contributed by atoms with Crippen molar-refractivity contribution in [2.45, 2.75) is 13.8 Å². The summed E-state index contributed by atoms with van der Waals surface area (Å²) in [5, 5.41) is 6.60. The van der Waals surface area contributed by atoms with E-state index >= 15 is 0 Å². The molecule has 0 bridgehead atoms. The van der Waals surface area contributed by atoms with E-state index in [9.17, 15) is 14.0 Å². The maximum Gasteiger partial charge on any atom is 0.329 e. The number of halogens is 2. The van der Waals surface area contributed by atoms with Gasteiger partial charge in [-0.2, -0.15) is 5.10 Å². The summed E-state index contributed by atoms with van der Waals surface area (Å²) < 4.78 is 20.2. The van der Waals surface area contributed by atoms with E-state index in [1.54, 1.807) is 24.3 Å². The molecule has 0 spiro atoms. The minimum absolute atomic E-state index is 0.301. The Bertz CT molecular complexity index is 1160. The maximum absolute atomic E-state index is 13.2. The molecule has 1 aromatic heterocycles. The molecule has 0 saturated heterocycles. The number of carbonyl (C=O) groups excluding carboxylic acids is 2. The molecule has 0 aliphatic carbocycles. The van der Waals surface area contributed by atoms with E-state index in [-0.39, 0.29) is 5.82 Å². The standard InChI is InChI=1S/C22H20ClFN4O3/c1-13-10-15(14(2)28(13)18-7-4-16(24)5-8-18)12-25-27-22(30)21(29)26-17-6-9-20(31-3)19(23)11-17/h4-12H,1-3H3,(H,26,29)(H,27,30)/b25-12-. The number of aromatic nitrogens is 1. The van der Waals surface area contributed by atoms with Crippen LogP contribution in [0.1, 0.15) is 17.0 Å². The summed E-state index contributed by atoms with van der Waals surface area (Å²) in [6, 6.07) is 12.6. The zero-order valence-electron chi connectivity index (χ0n) is 17.1. The molecular formula is C22H20ClFN4O3. The van der Waals surface area contributed by atoms with Crippen molar-refractivity contribution in [1.82, 2.24) is 9.99 Å². The number of aryl methyl sites for hydroxylation is 1. The first-order chi connectivity index (χ1) is 14.8. The van der Waals surface area contributed by atoms with Crippen LogP contribution in [-0.2, 0) is 9.59 Å². The average Bonchev–Trinajstić information content (AvgIpc) is 3.02. The lowest BCUT2D eigenvalue weighted by molar-refractivity contribution is -0.136. The summed E-state index contributed by atoms with van der Waals surface area (Å²) in [7, 11) is 1.47. The Morgan fingerprint density at radius 1 is 1.10 bits per heavy atom. The van der Waals surface area contributed by atoms with E-state index in [1.807, 2.05) is 24.5 Å². The van der Waals surface area contributed by atoms with Crippen LogP contribution < -0.4 is 15.5 Å². The van der Waals surface area contributed by atoms with Gasteiger partial charge >= 0.3 is 11.8 Å². The molecule has 7 nitrogen and oxygen atoms in total. The fraction of sp³-hybridized carbons (Fsp3) is 0.136. The molecule has 9 heteroatoms. The highest BCUT2D eigenvalue weighted by molar-refractivity contribution is 6.40. The number of rotatable bonds is 5. The maximum atomic E-state index is 13.2. The van der Waals surface area contributed by atoms with Crippen LogP contribution in [0.2, 0.25) is 5.02 Å². The third kappa shape index (κ3) is 5.10. The number of hydrazone groups is 1. The number of carbonyl (C=O) groups is 2. The van der Waals surface area contributed by atoms with Crippen molar-refractivity contribution in [2.24, 2.45) is 5.10 Å². The lowest BCUT2D eigenvalue weighted by Gasteiger charge is -2.09. The molecule has 3 rings (SSSR count). The summed E-state index contributed by atoms with van der Waals surface area (Å²) in [5.74, 6) is -1.69. The van der Waals surface area contributed by atoms with Crippen LogP contribution in [0.25, 0.3) is 5.69 Å². The van der Waals surface area contributed by atoms with Crippen LogP contribution in [0.5, 0.6) is 5.75 Å². The van der Waals surface area contributed by atoms with Crippen molar-refractivity contribution >= 4 is 35.3 Å². The molecule has 3 aromatic rings. The van der Waals surface area contributed by atoms with Crippen LogP contribution in [0.3, 0.4) is 0 Å². The topological polar surface area (TPSA) is 84.7 Å². The van der Waals surface area contributed by atoms with Gasteiger partial charge in [-0.15, -0.1) is 0 Å². The van der Waals surface area contributed by atoms with Crippen molar-refractivity contribution in [3.05, 3.63) is 76.3 Å². The van der Waals surface area contributed by atoms with Gasteiger partial charge in [-0.3, -0.25) is 9.59 Å². The first kappa shape index (κ1) is 22.0. The Kier molecular flexibility index (Phi) is 6.71. The van der Waals surface area contributed by atoms with Gasteiger partial charge in [-0.1, -0.05) is 11.6 Å². The van der Waals surface area contributed by atoms with Gasteiger partial charge in [-0.25, -0.2) is 9.82 Å². The van der Waals surface area contributed by atoms with Crippen molar-refractivity contribution in [3.8, 4) is 11.4 Å². The van der Waals surface area contributed by atoms with Gasteiger partial charge in [0.15, 0.2) is 0 Å². The second kappa shape index (κ2) is 9.44. The number of hydrogen-bond donors (Lipinski definition) is 2. The zero-order valence-corrected chi connectivity index (χ0v) is 17.8. The normalized spacial score (nSPS) is 10.9. The van der Waals surface area contributed by atoms with E-state index in [1.165, 1.54) is 31.5 Å². The van der Waals surface area contributed by atoms with Crippen LogP contribution in [0.15, 0.2) is 53.6 Å². The molecule has 0 radical (unpaired) electrons. The molecule has 31 heavy (non-hydrogen) atoms. The number of anilines is 1. The van der Waals surface area contributed by atoms with E-state index in [0.717, 1.165) is 22.6 Å². The molecule has 2 amide bonds. The Hall–Kier alpha value is -3.65. The van der Waals surface area contributed by atoms with Gasteiger partial charge in [0, 0.05) is 28.3 Å². The molecule has 160 valence electrons. The Morgan fingerprint density at radius 3 is 2.45 bits per heavy atom. The van der Waals surface area contributed by atoms with Crippen molar-refractivity contribution < 1.29 is 18.7 Å². The van der Waals surface area contributed by atoms with Gasteiger partial charge in [0.25, 0.3) is 0 Å². The lowest BCUT2D eigenvalue weighted by Crippen LogP contribution is -2.32. The van der Waals surface area contributed by atoms with Gasteiger partial charge in [-0.05, 0) is 62.4 Å². The molecule has 0 aliphatic heterocycles. The number of benzene rings is 2. The SMILES string of the molecule is COc1ccc(NC(=O)C(=O)N/N=C\c2cc(C)n(-c3ccc(F)cc3)c2C)cc1Cl. The molecule has 2 N–H and O–H groups in total. The zero-order chi connectivity index (χ0) is 22.5. The van der Waals surface area contributed by atoms with E-state index < -0.39 is 11.8 Å². The average molecular weight is 443 g/mol. The molecule has 0 aliphatic rings. The first-order valence-electron chi connectivity index (χ1n) is 9.23.